The molecule has 18 rings (SSSR count). The summed E-state index contributed by atoms with van der Waals surface area (Å²) < 4.78 is 127. The van der Waals surface area contributed by atoms with Crippen LogP contribution in [0.1, 0.15) is 164 Å². The summed E-state index contributed by atoms with van der Waals surface area (Å²) in [6.07, 6.45) is 13.1. The molecule has 0 aromatic heterocycles. The third kappa shape index (κ3) is 22.1. The molecule has 12 nitrogen and oxygen atoms in total. The van der Waals surface area contributed by atoms with Crippen molar-refractivity contribution in [3.05, 3.63) is 179 Å². The number of carbonyl (C=O) groups is 3. The van der Waals surface area contributed by atoms with Gasteiger partial charge in [0.15, 0.2) is 42.0 Å². The van der Waals surface area contributed by atoms with Gasteiger partial charge in [-0.1, -0.05) is 106 Å². The Hall–Kier alpha value is -6.23. The highest BCUT2D eigenvalue weighted by Gasteiger charge is 2.61. The molecule has 6 aromatic rings. The van der Waals surface area contributed by atoms with Crippen LogP contribution in [0.4, 0.5) is 26.3 Å². The maximum absolute atomic E-state index is 13.1. The second-order valence-corrected chi connectivity index (χ2v) is 38.7. The van der Waals surface area contributed by atoms with Gasteiger partial charge in [0.1, 0.15) is 25.1 Å². The number of hydrogen-bond acceptors (Lipinski definition) is 12. The van der Waals surface area contributed by atoms with Gasteiger partial charge in [-0.3, -0.25) is 0 Å². The normalized spacial score (nSPS) is 28.7. The number of alkyl halides is 6. The van der Waals surface area contributed by atoms with E-state index in [0.717, 1.165) is 96.3 Å². The fourth-order valence-corrected chi connectivity index (χ4v) is 24.2. The van der Waals surface area contributed by atoms with Gasteiger partial charge in [0.05, 0.1) is 41.6 Å². The molecule has 0 aliphatic heterocycles. The molecule has 8 atom stereocenters. The summed E-state index contributed by atoms with van der Waals surface area (Å²) in [6, 6.07) is 53.6. The van der Waals surface area contributed by atoms with Crippen LogP contribution in [-0.2, 0) is 78.8 Å². The van der Waals surface area contributed by atoms with Gasteiger partial charge in [-0.05, 0) is 294 Å². The van der Waals surface area contributed by atoms with Gasteiger partial charge in [0.2, 0.25) is 0 Å². The molecule has 12 aliphatic rings. The van der Waals surface area contributed by atoms with E-state index in [1.807, 2.05) is 13.8 Å². The first kappa shape index (κ1) is 86.6. The van der Waals surface area contributed by atoms with Crippen LogP contribution < -0.4 is 0 Å². The van der Waals surface area contributed by atoms with Crippen LogP contribution in [-0.4, -0.2) is 115 Å². The van der Waals surface area contributed by atoms with E-state index in [1.165, 1.54) is 62.8 Å². The predicted octanol–water partition coefficient (Wildman–Crippen LogP) is 21.2. The summed E-state index contributed by atoms with van der Waals surface area (Å²) in [7, 11) is 4.75. The lowest BCUT2D eigenvalue weighted by molar-refractivity contribution is -0.214. The molecule has 610 valence electrons. The molecule has 0 spiro atoms. The van der Waals surface area contributed by atoms with Gasteiger partial charge >= 0.3 is 35.7 Å². The van der Waals surface area contributed by atoms with E-state index in [-0.39, 0.29) is 111 Å². The number of ether oxygens (including phenoxy) is 9. The van der Waals surface area contributed by atoms with Crippen LogP contribution in [0.25, 0.3) is 0 Å². The molecule has 12 bridgehead atoms. The quantitative estimate of drug-likeness (QED) is 0.0143. The largest absolute Gasteiger partial charge is 0.457 e. The first-order chi connectivity index (χ1) is 53.0. The molecular formula is C92H118F6O12S2+2. The first-order valence-electron chi connectivity index (χ1n) is 40.1. The number of halogens is 6. The summed E-state index contributed by atoms with van der Waals surface area (Å²) in [5.41, 5.74) is 8.15. The minimum Gasteiger partial charge on any atom is -0.457 e. The van der Waals surface area contributed by atoms with Gasteiger partial charge in [0.25, 0.3) is 0 Å². The van der Waals surface area contributed by atoms with Crippen molar-refractivity contribution in [3.63, 3.8) is 0 Å². The van der Waals surface area contributed by atoms with E-state index in [2.05, 4.69) is 187 Å². The monoisotopic (exact) mass is 1590 g/mol. The Balaban J connectivity index is 0.000000138. The molecule has 0 amide bonds. The van der Waals surface area contributed by atoms with E-state index in [9.17, 15) is 40.7 Å². The summed E-state index contributed by atoms with van der Waals surface area (Å²) in [5.74, 6) is -11.4. The van der Waals surface area contributed by atoms with E-state index in [0.29, 0.717) is 58.3 Å². The van der Waals surface area contributed by atoms with Gasteiger partial charge < -0.3 is 42.6 Å². The van der Waals surface area contributed by atoms with Crippen molar-refractivity contribution < 1.29 is 83.4 Å². The molecule has 12 fully saturated rings. The zero-order chi connectivity index (χ0) is 80.7. The smallest absolute Gasteiger partial charge is 0.376 e. The standard InChI is InChI=1S/2C21H21S.2C17H26F2O4.C16H24F2O4/c2*1-16-4-10-19(11-5-16)22(20-12-6-17(2)7-13-20)21-14-8-18(3)9-15-21;2*1-10(21-3)22-9-17-6-11-4-12(7-17)14(13(5-11)8-17)23-15(20)16(2,18)19;1-15(17,18)14(19)22-13-11-3-10-4-12(13)7-16(5-10,6-11)8-21-9-20-2/h2*4-15H,1-3H3;2*10-14H,4-9H2,1-3H3;10-13H,3-9H2,1-2H3/q2*+1;;;. The first-order valence-corrected chi connectivity index (χ1v) is 42.5. The van der Waals surface area contributed by atoms with Crippen molar-refractivity contribution in [1.29, 1.82) is 0 Å². The van der Waals surface area contributed by atoms with Crippen molar-refractivity contribution in [2.75, 3.05) is 47.9 Å². The molecule has 20 heteroatoms. The van der Waals surface area contributed by atoms with Crippen molar-refractivity contribution in [2.24, 2.45) is 69.5 Å². The van der Waals surface area contributed by atoms with Gasteiger partial charge in [-0.15, -0.1) is 0 Å². The van der Waals surface area contributed by atoms with Crippen LogP contribution in [0.3, 0.4) is 0 Å². The molecule has 0 radical (unpaired) electrons. The van der Waals surface area contributed by atoms with Gasteiger partial charge in [-0.25, -0.2) is 14.4 Å². The lowest BCUT2D eigenvalue weighted by Crippen LogP contribution is -2.56. The topological polar surface area (TPSA) is 134 Å². The van der Waals surface area contributed by atoms with Crippen LogP contribution in [0.15, 0.2) is 175 Å². The second-order valence-electron chi connectivity index (χ2n) is 34.7. The van der Waals surface area contributed by atoms with Crippen molar-refractivity contribution in [2.45, 2.75) is 251 Å². The Kier molecular flexibility index (Phi) is 28.6. The zero-order valence-corrected chi connectivity index (χ0v) is 69.5. The number of methoxy groups -OCH3 is 3. The molecule has 0 heterocycles. The lowest BCUT2D eigenvalue weighted by atomic mass is 9.48. The van der Waals surface area contributed by atoms with Crippen LogP contribution in [0, 0.1) is 111 Å². The molecule has 12 saturated carbocycles. The molecule has 8 unspecified atom stereocenters. The van der Waals surface area contributed by atoms with Gasteiger partial charge in [-0.2, -0.15) is 26.3 Å². The average Bonchev–Trinajstić information content (AvgIpc) is 0.740. The van der Waals surface area contributed by atoms with E-state index >= 15 is 0 Å². The molecule has 12 aliphatic carbocycles. The molecular weight excluding hydrogens is 1480 g/mol. The summed E-state index contributed by atoms with van der Waals surface area (Å²) in [6.45, 7) is 20.6. The lowest BCUT2D eigenvalue weighted by Gasteiger charge is -2.59. The second kappa shape index (κ2) is 36.9. The Morgan fingerprint density at radius 2 is 0.562 bits per heavy atom. The average molecular weight is 1590 g/mol. The SMILES string of the molecule is COC(C)OCC12CC3CC(C1)C(OC(=O)C(C)(F)F)C(C3)C2.COC(C)OCC12CC3CC(C1)C(OC(=O)C(C)(F)F)C(C3)C2.COCOCC12CC3CC(C1)C(OC(=O)C(C)(F)F)C(C3)C2.Cc1ccc([S+](c2ccc(C)cc2)c2ccc(C)cc2)cc1.Cc1ccc([S+](c2ccc(C)cc2)c2ccc(C)cc2)cc1. The minimum atomic E-state index is -3.41. The van der Waals surface area contributed by atoms with Crippen LogP contribution in [0.5, 0.6) is 0 Å². The fraction of sp³-hybridized carbons (Fsp3) is 0.576. The number of carbonyl (C=O) groups excluding carboxylic acids is 3. The zero-order valence-electron chi connectivity index (χ0n) is 67.9. The number of rotatable bonds is 24. The molecule has 112 heavy (non-hydrogen) atoms. The van der Waals surface area contributed by atoms with Gasteiger partial charge in [0, 0.05) is 42.1 Å². The Morgan fingerprint density at radius 1 is 0.357 bits per heavy atom. The maximum Gasteiger partial charge on any atom is 0.376 e. The highest BCUT2D eigenvalue weighted by atomic mass is 32.2. The minimum absolute atomic E-state index is 0.0394. The Morgan fingerprint density at radius 3 is 0.750 bits per heavy atom. The molecule has 0 saturated heterocycles. The number of esters is 3. The number of benzene rings is 6. The van der Waals surface area contributed by atoms with Crippen molar-refractivity contribution in [3.8, 4) is 0 Å². The van der Waals surface area contributed by atoms with Crippen LogP contribution >= 0.6 is 0 Å². The summed E-state index contributed by atoms with van der Waals surface area (Å²) in [5, 5.41) is 0. The Labute approximate surface area is 666 Å². The van der Waals surface area contributed by atoms with E-state index < -0.39 is 35.7 Å². The summed E-state index contributed by atoms with van der Waals surface area (Å²) in [4.78, 5) is 42.9. The Bertz CT molecular complexity index is 3550. The third-order valence-corrected chi connectivity index (χ3v) is 29.3. The fourth-order valence-electron chi connectivity index (χ4n) is 20.2. The van der Waals surface area contributed by atoms with Crippen LogP contribution in [0.2, 0.25) is 0 Å². The third-order valence-electron chi connectivity index (χ3n) is 24.8. The number of aryl methyl sites for hydroxylation is 6. The molecule has 6 aromatic carbocycles. The maximum atomic E-state index is 13.1. The summed E-state index contributed by atoms with van der Waals surface area (Å²) >= 11 is 0. The predicted molar refractivity (Wildman–Crippen MR) is 424 cm³/mol. The highest BCUT2D eigenvalue weighted by molar-refractivity contribution is 7.97. The number of hydrogen-bond donors (Lipinski definition) is 0. The van der Waals surface area contributed by atoms with Crippen molar-refractivity contribution >= 4 is 39.7 Å². The van der Waals surface area contributed by atoms with E-state index in [1.54, 1.807) is 21.3 Å². The molecule has 0 N–H and O–H groups in total. The van der Waals surface area contributed by atoms with E-state index in [4.69, 9.17) is 42.6 Å². The van der Waals surface area contributed by atoms with Crippen molar-refractivity contribution in [1.82, 2.24) is 0 Å². The highest BCUT2D eigenvalue weighted by Crippen LogP contribution is 2.64.